The lowest BCUT2D eigenvalue weighted by molar-refractivity contribution is 0.0611. The van der Waals surface area contributed by atoms with Crippen LogP contribution in [0.2, 0.25) is 0 Å². The molecule has 0 atom stereocenters. The van der Waals surface area contributed by atoms with Crippen LogP contribution in [-0.2, 0) is 0 Å². The van der Waals surface area contributed by atoms with E-state index in [0.29, 0.717) is 22.1 Å². The van der Waals surface area contributed by atoms with Crippen molar-refractivity contribution in [3.8, 4) is 0 Å². The van der Waals surface area contributed by atoms with E-state index in [1.807, 2.05) is 55.5 Å². The first-order valence-electron chi connectivity index (χ1n) is 11.1. The third kappa shape index (κ3) is 4.19. The largest absolute Gasteiger partial charge is 0.306 e. The molecule has 0 N–H and O–H groups in total. The van der Waals surface area contributed by atoms with E-state index in [2.05, 4.69) is 31.9 Å². The Morgan fingerprint density at radius 3 is 2.31 bits per heavy atom. The predicted molar refractivity (Wildman–Crippen MR) is 144 cm³/mol. The molecule has 35 heavy (non-hydrogen) atoms. The number of rotatable bonds is 5. The molecule has 1 aliphatic heterocycles. The molecule has 1 aliphatic rings. The lowest BCUT2D eigenvalue weighted by atomic mass is 9.94. The molecule has 0 aromatic heterocycles. The molecule has 0 radical (unpaired) electrons. The molecule has 0 bridgehead atoms. The summed E-state index contributed by atoms with van der Waals surface area (Å²) in [6, 6.07) is 23.8. The van der Waals surface area contributed by atoms with Gasteiger partial charge in [-0.2, -0.15) is 0 Å². The Hall–Kier alpha value is -3.29. The summed E-state index contributed by atoms with van der Waals surface area (Å²) >= 11 is 6.95. The summed E-state index contributed by atoms with van der Waals surface area (Å²) in [6.07, 6.45) is 0. The van der Waals surface area contributed by atoms with Crippen molar-refractivity contribution in [2.75, 3.05) is 18.0 Å². The van der Waals surface area contributed by atoms with Crippen molar-refractivity contribution in [3.63, 3.8) is 0 Å². The number of hydrogen-bond donors (Lipinski definition) is 0. The third-order valence-electron chi connectivity index (χ3n) is 6.21. The van der Waals surface area contributed by atoms with Crippen LogP contribution in [0, 0.1) is 6.92 Å². The summed E-state index contributed by atoms with van der Waals surface area (Å²) < 4.78 is 1.63. The van der Waals surface area contributed by atoms with Gasteiger partial charge in [-0.3, -0.25) is 19.3 Å². The molecule has 5 rings (SSSR count). The minimum atomic E-state index is -0.356. The SMILES string of the molecule is Cc1ccccc1N(CCN1C(=O)c2cccc3c(Br)ccc(c23)C1=O)C(=O)c1cccc(Br)c1. The Bertz CT molecular complexity index is 1490. The second kappa shape index (κ2) is 9.40. The van der Waals surface area contributed by atoms with Gasteiger partial charge in [0.15, 0.2) is 0 Å². The monoisotopic (exact) mass is 590 g/mol. The molecule has 5 nitrogen and oxygen atoms in total. The third-order valence-corrected chi connectivity index (χ3v) is 7.39. The zero-order valence-electron chi connectivity index (χ0n) is 18.8. The minimum absolute atomic E-state index is 0.0671. The highest BCUT2D eigenvalue weighted by Gasteiger charge is 2.34. The molecule has 0 saturated heterocycles. The van der Waals surface area contributed by atoms with Crippen LogP contribution >= 0.6 is 31.9 Å². The number of benzene rings is 4. The van der Waals surface area contributed by atoms with E-state index in [1.54, 1.807) is 35.2 Å². The quantitative estimate of drug-likeness (QED) is 0.245. The first kappa shape index (κ1) is 23.5. The molecular formula is C28H20Br2N2O3. The molecule has 1 heterocycles. The van der Waals surface area contributed by atoms with Gasteiger partial charge in [-0.05, 0) is 60.3 Å². The maximum Gasteiger partial charge on any atom is 0.261 e. The number of anilines is 1. The number of carbonyl (C=O) groups excluding carboxylic acids is 3. The van der Waals surface area contributed by atoms with Crippen molar-refractivity contribution in [1.29, 1.82) is 0 Å². The summed E-state index contributed by atoms with van der Waals surface area (Å²) in [5, 5.41) is 1.49. The topological polar surface area (TPSA) is 57.7 Å². The van der Waals surface area contributed by atoms with Crippen molar-refractivity contribution in [1.82, 2.24) is 4.90 Å². The molecule has 0 fully saturated rings. The first-order chi connectivity index (χ1) is 16.9. The minimum Gasteiger partial charge on any atom is -0.306 e. The van der Waals surface area contributed by atoms with Gasteiger partial charge in [0, 0.05) is 49.8 Å². The standard InChI is InChI=1S/C28H20Br2N2O3/c1-17-6-2-3-11-24(17)31(26(33)18-7-4-8-19(29)16-18)14-15-32-27(34)21-10-5-9-20-23(30)13-12-22(25(20)21)28(32)35/h2-13,16H,14-15H2,1H3. The smallest absolute Gasteiger partial charge is 0.261 e. The Morgan fingerprint density at radius 1 is 0.857 bits per heavy atom. The lowest BCUT2D eigenvalue weighted by Gasteiger charge is -2.31. The van der Waals surface area contributed by atoms with Crippen LogP contribution in [0.3, 0.4) is 0 Å². The average molecular weight is 592 g/mol. The summed E-state index contributed by atoms with van der Waals surface area (Å²) in [5.41, 5.74) is 3.14. The zero-order chi connectivity index (χ0) is 24.7. The zero-order valence-corrected chi connectivity index (χ0v) is 22.0. The van der Waals surface area contributed by atoms with Crippen LogP contribution < -0.4 is 4.90 Å². The number of aryl methyl sites for hydroxylation is 1. The maximum atomic E-state index is 13.6. The molecule has 7 heteroatoms. The van der Waals surface area contributed by atoms with Crippen LogP contribution in [0.5, 0.6) is 0 Å². The van der Waals surface area contributed by atoms with Crippen molar-refractivity contribution < 1.29 is 14.4 Å². The van der Waals surface area contributed by atoms with Crippen LogP contribution in [0.4, 0.5) is 5.69 Å². The van der Waals surface area contributed by atoms with Crippen LogP contribution in [0.1, 0.15) is 36.6 Å². The highest BCUT2D eigenvalue weighted by molar-refractivity contribution is 9.11. The predicted octanol–water partition coefficient (Wildman–Crippen LogP) is 6.62. The fraction of sp³-hybridized carbons (Fsp3) is 0.107. The highest BCUT2D eigenvalue weighted by Crippen LogP contribution is 2.34. The molecule has 4 aromatic carbocycles. The van der Waals surface area contributed by atoms with Crippen LogP contribution in [0.25, 0.3) is 10.8 Å². The van der Waals surface area contributed by atoms with Gasteiger partial charge in [0.2, 0.25) is 0 Å². The second-order valence-electron chi connectivity index (χ2n) is 8.34. The molecule has 3 amide bonds. The summed E-state index contributed by atoms with van der Waals surface area (Å²) in [4.78, 5) is 43.3. The number of nitrogens with zero attached hydrogens (tertiary/aromatic N) is 2. The van der Waals surface area contributed by atoms with Crippen LogP contribution in [-0.4, -0.2) is 35.7 Å². The lowest BCUT2D eigenvalue weighted by Crippen LogP contribution is -2.46. The summed E-state index contributed by atoms with van der Waals surface area (Å²) in [5.74, 6) is -0.916. The summed E-state index contributed by atoms with van der Waals surface area (Å²) in [6.45, 7) is 2.16. The molecule has 0 spiro atoms. The van der Waals surface area contributed by atoms with Crippen LogP contribution in [0.15, 0.2) is 87.8 Å². The van der Waals surface area contributed by atoms with E-state index in [0.717, 1.165) is 25.6 Å². The maximum absolute atomic E-state index is 13.6. The van der Waals surface area contributed by atoms with E-state index >= 15 is 0 Å². The molecule has 0 unspecified atom stereocenters. The van der Waals surface area contributed by atoms with Crippen molar-refractivity contribution in [2.45, 2.75) is 6.92 Å². The molecule has 174 valence electrons. The Labute approximate surface area is 219 Å². The Balaban J connectivity index is 1.50. The fourth-order valence-electron chi connectivity index (χ4n) is 4.49. The number of para-hydroxylation sites is 1. The van der Waals surface area contributed by atoms with Gasteiger partial charge >= 0.3 is 0 Å². The fourth-order valence-corrected chi connectivity index (χ4v) is 5.35. The average Bonchev–Trinajstić information content (AvgIpc) is 2.86. The Kier molecular flexibility index (Phi) is 6.30. The normalized spacial score (nSPS) is 12.8. The molecule has 0 saturated carbocycles. The highest BCUT2D eigenvalue weighted by atomic mass is 79.9. The Morgan fingerprint density at radius 2 is 1.57 bits per heavy atom. The number of halogens is 2. The van der Waals surface area contributed by atoms with Gasteiger partial charge < -0.3 is 4.90 Å². The van der Waals surface area contributed by atoms with Gasteiger partial charge in [0.25, 0.3) is 17.7 Å². The van der Waals surface area contributed by atoms with E-state index in [-0.39, 0.29) is 30.8 Å². The molecule has 4 aromatic rings. The number of amides is 3. The first-order valence-corrected chi connectivity index (χ1v) is 12.7. The van der Waals surface area contributed by atoms with E-state index in [1.165, 1.54) is 4.90 Å². The second-order valence-corrected chi connectivity index (χ2v) is 10.1. The van der Waals surface area contributed by atoms with Gasteiger partial charge in [0.05, 0.1) is 0 Å². The van der Waals surface area contributed by atoms with Crippen molar-refractivity contribution >= 4 is 66.0 Å². The number of carbonyl (C=O) groups is 3. The van der Waals surface area contributed by atoms with Crippen molar-refractivity contribution in [3.05, 3.63) is 110 Å². The van der Waals surface area contributed by atoms with E-state index in [4.69, 9.17) is 0 Å². The molecule has 0 aliphatic carbocycles. The number of imide groups is 1. The number of hydrogen-bond acceptors (Lipinski definition) is 3. The summed E-state index contributed by atoms with van der Waals surface area (Å²) in [7, 11) is 0. The molecular weight excluding hydrogens is 572 g/mol. The van der Waals surface area contributed by atoms with Gasteiger partial charge in [-0.25, -0.2) is 0 Å². The van der Waals surface area contributed by atoms with E-state index < -0.39 is 0 Å². The van der Waals surface area contributed by atoms with Gasteiger partial charge in [-0.1, -0.05) is 68.3 Å². The van der Waals surface area contributed by atoms with Gasteiger partial charge in [-0.15, -0.1) is 0 Å². The van der Waals surface area contributed by atoms with Crippen molar-refractivity contribution in [2.24, 2.45) is 0 Å². The van der Waals surface area contributed by atoms with E-state index in [9.17, 15) is 14.4 Å². The van der Waals surface area contributed by atoms with Gasteiger partial charge in [0.1, 0.15) is 0 Å².